The zero-order valence-electron chi connectivity index (χ0n) is 15.9. The smallest absolute Gasteiger partial charge is 0.227 e. The number of halogens is 1. The van der Waals surface area contributed by atoms with Crippen molar-refractivity contribution in [3.8, 4) is 0 Å². The molecule has 0 amide bonds. The summed E-state index contributed by atoms with van der Waals surface area (Å²) in [7, 11) is 0. The van der Waals surface area contributed by atoms with Crippen LogP contribution < -0.4 is 0 Å². The molecule has 4 bridgehead atoms. The molecule has 1 heterocycles. The van der Waals surface area contributed by atoms with Crippen molar-refractivity contribution in [1.29, 1.82) is 0 Å². The Hall–Kier alpha value is -1.81. The van der Waals surface area contributed by atoms with Crippen molar-refractivity contribution in [3.63, 3.8) is 0 Å². The molecular weight excluding hydrogens is 412 g/mol. The second-order valence-corrected chi connectivity index (χ2v) is 10.2. The van der Waals surface area contributed by atoms with Crippen LogP contribution >= 0.6 is 15.9 Å². The number of hydrogen-bond acceptors (Lipinski definition) is 3. The van der Waals surface area contributed by atoms with Gasteiger partial charge in [0.25, 0.3) is 0 Å². The summed E-state index contributed by atoms with van der Waals surface area (Å²) in [6, 6.07) is 19.1. The molecule has 0 aromatic heterocycles. The van der Waals surface area contributed by atoms with E-state index in [0.29, 0.717) is 0 Å². The molecule has 7 rings (SSSR count). The summed E-state index contributed by atoms with van der Waals surface area (Å²) in [6.45, 7) is 0. The predicted octanol–water partition coefficient (Wildman–Crippen LogP) is 6.11. The molecule has 4 aliphatic carbocycles. The Labute approximate surface area is 174 Å². The molecule has 0 radical (unpaired) electrons. The van der Waals surface area contributed by atoms with E-state index in [-0.39, 0.29) is 11.8 Å². The maximum atomic E-state index is 6.16. The maximum absolute atomic E-state index is 6.16. The minimum atomic E-state index is -0.135. The number of oxime groups is 1. The van der Waals surface area contributed by atoms with Gasteiger partial charge in [-0.25, -0.2) is 0 Å². The Balaban J connectivity index is 1.46. The first-order chi connectivity index (χ1) is 13.7. The third-order valence-corrected chi connectivity index (χ3v) is 7.88. The largest absolute Gasteiger partial charge is 0.363 e. The van der Waals surface area contributed by atoms with Crippen molar-refractivity contribution < 1.29 is 4.84 Å². The van der Waals surface area contributed by atoms with Crippen molar-refractivity contribution in [2.24, 2.45) is 22.9 Å². The van der Waals surface area contributed by atoms with Crippen LogP contribution in [0.25, 0.3) is 0 Å². The fourth-order valence-electron chi connectivity index (χ4n) is 6.78. The summed E-state index contributed by atoms with van der Waals surface area (Å²) in [5.41, 5.74) is 2.53. The Morgan fingerprint density at radius 3 is 2.21 bits per heavy atom. The molecule has 1 aliphatic heterocycles. The Morgan fingerprint density at radius 1 is 0.893 bits per heavy atom. The summed E-state index contributed by atoms with van der Waals surface area (Å²) < 4.78 is 1.09. The lowest BCUT2D eigenvalue weighted by Gasteiger charge is -2.60. The summed E-state index contributed by atoms with van der Waals surface area (Å²) in [5, 5.41) is 4.66. The first-order valence-electron chi connectivity index (χ1n) is 10.5. The van der Waals surface area contributed by atoms with Gasteiger partial charge in [-0.3, -0.25) is 0 Å². The topological polar surface area (TPSA) is 24.8 Å². The number of nitrogens with zero attached hydrogens (tertiary/aromatic N) is 2. The van der Waals surface area contributed by atoms with Gasteiger partial charge in [0, 0.05) is 21.1 Å². The Morgan fingerprint density at radius 2 is 1.57 bits per heavy atom. The second kappa shape index (κ2) is 6.35. The summed E-state index contributed by atoms with van der Waals surface area (Å²) in [6.07, 6.45) is 8.05. The summed E-state index contributed by atoms with van der Waals surface area (Å²) in [4.78, 5) is 8.73. The van der Waals surface area contributed by atoms with Crippen LogP contribution in [-0.2, 0) is 4.84 Å². The molecule has 2 aromatic carbocycles. The van der Waals surface area contributed by atoms with Gasteiger partial charge in [0.2, 0.25) is 6.23 Å². The van der Waals surface area contributed by atoms with Crippen LogP contribution in [0.3, 0.4) is 0 Å². The van der Waals surface area contributed by atoms with Gasteiger partial charge < -0.3 is 9.74 Å². The highest BCUT2D eigenvalue weighted by atomic mass is 79.9. The first-order valence-corrected chi connectivity index (χ1v) is 11.3. The standard InChI is InChI=1S/C24H25BrN2O/c25-21-8-4-7-20(12-21)23-27(22(26-28-23)19-5-2-1-3-6-19)24-13-16-9-17(14-24)11-18(10-16)15-24/h1-8,12,16-18,23H,9-11,13-15H2/t16?,17?,18?,23-,24?/m0/s1. The molecule has 0 unspecified atom stereocenters. The van der Waals surface area contributed by atoms with Gasteiger partial charge in [-0.2, -0.15) is 0 Å². The zero-order chi connectivity index (χ0) is 18.7. The number of benzene rings is 2. The normalized spacial score (nSPS) is 35.8. The van der Waals surface area contributed by atoms with Gasteiger partial charge in [0.05, 0.1) is 0 Å². The van der Waals surface area contributed by atoms with Crippen LogP contribution in [-0.4, -0.2) is 16.3 Å². The van der Waals surface area contributed by atoms with Gasteiger partial charge in [-0.05, 0) is 68.4 Å². The van der Waals surface area contributed by atoms with Crippen LogP contribution in [0.1, 0.15) is 55.9 Å². The van der Waals surface area contributed by atoms with E-state index in [1.54, 1.807) is 0 Å². The SMILES string of the molecule is Brc1cccc([C@@H]2ON=C(c3ccccc3)N2C23CC4CC(CC(C4)C2)C3)c1. The van der Waals surface area contributed by atoms with Crippen molar-refractivity contribution in [3.05, 3.63) is 70.2 Å². The molecule has 2 aromatic rings. The fourth-order valence-corrected chi connectivity index (χ4v) is 7.20. The van der Waals surface area contributed by atoms with E-state index in [0.717, 1.165) is 33.6 Å². The average Bonchev–Trinajstić information content (AvgIpc) is 3.14. The third-order valence-electron chi connectivity index (χ3n) is 7.38. The van der Waals surface area contributed by atoms with Gasteiger partial charge in [0.15, 0.2) is 5.84 Å². The highest BCUT2D eigenvalue weighted by Gasteiger charge is 2.57. The molecule has 0 N–H and O–H groups in total. The molecule has 0 spiro atoms. The van der Waals surface area contributed by atoms with Crippen molar-refractivity contribution in [1.82, 2.24) is 4.90 Å². The monoisotopic (exact) mass is 436 g/mol. The van der Waals surface area contributed by atoms with Gasteiger partial charge >= 0.3 is 0 Å². The molecule has 4 saturated carbocycles. The van der Waals surface area contributed by atoms with E-state index >= 15 is 0 Å². The van der Waals surface area contributed by atoms with Gasteiger partial charge in [-0.15, -0.1) is 0 Å². The summed E-state index contributed by atoms with van der Waals surface area (Å²) >= 11 is 3.64. The lowest BCUT2D eigenvalue weighted by atomic mass is 9.52. The molecule has 4 fully saturated rings. The summed E-state index contributed by atoms with van der Waals surface area (Å²) in [5.74, 6) is 3.67. The van der Waals surface area contributed by atoms with Gasteiger partial charge in [-0.1, -0.05) is 63.6 Å². The minimum absolute atomic E-state index is 0.135. The van der Waals surface area contributed by atoms with Crippen molar-refractivity contribution >= 4 is 21.8 Å². The Bertz CT molecular complexity index is 890. The molecule has 0 saturated heterocycles. The van der Waals surface area contributed by atoms with E-state index in [2.05, 4.69) is 80.6 Å². The number of rotatable bonds is 3. The quantitative estimate of drug-likeness (QED) is 0.579. The van der Waals surface area contributed by atoms with E-state index in [9.17, 15) is 0 Å². The lowest BCUT2D eigenvalue weighted by molar-refractivity contribution is -0.116. The second-order valence-electron chi connectivity index (χ2n) is 9.31. The van der Waals surface area contributed by atoms with Crippen molar-refractivity contribution in [2.75, 3.05) is 0 Å². The van der Waals surface area contributed by atoms with E-state index < -0.39 is 0 Å². The average molecular weight is 437 g/mol. The van der Waals surface area contributed by atoms with Crippen LogP contribution in [0.5, 0.6) is 0 Å². The van der Waals surface area contributed by atoms with E-state index in [1.807, 2.05) is 0 Å². The van der Waals surface area contributed by atoms with Crippen LogP contribution in [0, 0.1) is 17.8 Å². The predicted molar refractivity (Wildman–Crippen MR) is 114 cm³/mol. The fraction of sp³-hybridized carbons (Fsp3) is 0.458. The van der Waals surface area contributed by atoms with E-state index in [4.69, 9.17) is 4.84 Å². The highest BCUT2D eigenvalue weighted by molar-refractivity contribution is 9.10. The molecule has 1 atom stereocenters. The number of hydrogen-bond donors (Lipinski definition) is 0. The Kier molecular flexibility index (Phi) is 3.87. The van der Waals surface area contributed by atoms with Crippen LogP contribution in [0.4, 0.5) is 0 Å². The number of amidine groups is 1. The van der Waals surface area contributed by atoms with Crippen molar-refractivity contribution in [2.45, 2.75) is 50.3 Å². The first kappa shape index (κ1) is 17.1. The maximum Gasteiger partial charge on any atom is 0.227 e. The van der Waals surface area contributed by atoms with E-state index in [1.165, 1.54) is 44.1 Å². The minimum Gasteiger partial charge on any atom is -0.363 e. The lowest BCUT2D eigenvalue weighted by Crippen LogP contribution is -2.61. The van der Waals surface area contributed by atoms with Gasteiger partial charge in [0.1, 0.15) is 0 Å². The highest BCUT2D eigenvalue weighted by Crippen LogP contribution is 2.60. The molecule has 5 aliphatic rings. The molecule has 4 heteroatoms. The zero-order valence-corrected chi connectivity index (χ0v) is 17.5. The molecular formula is C24H25BrN2O. The van der Waals surface area contributed by atoms with Crippen LogP contribution in [0.2, 0.25) is 0 Å². The van der Waals surface area contributed by atoms with Crippen LogP contribution in [0.15, 0.2) is 64.2 Å². The molecule has 28 heavy (non-hydrogen) atoms. The third kappa shape index (κ3) is 2.64. The molecule has 144 valence electrons. The molecule has 3 nitrogen and oxygen atoms in total.